The average Bonchev–Trinajstić information content (AvgIpc) is 3.71. The van der Waals surface area contributed by atoms with Gasteiger partial charge in [-0.1, -0.05) is 36.4 Å². The number of hydrogen-bond acceptors (Lipinski definition) is 7. The van der Waals surface area contributed by atoms with Crippen LogP contribution in [0.1, 0.15) is 40.6 Å². The Morgan fingerprint density at radius 2 is 1.82 bits per heavy atom. The zero-order valence-corrected chi connectivity index (χ0v) is 24.7. The molecule has 0 bridgehead atoms. The van der Waals surface area contributed by atoms with E-state index in [4.69, 9.17) is 9.72 Å². The molecule has 2 aliphatic rings. The average molecular weight is 620 g/mol. The summed E-state index contributed by atoms with van der Waals surface area (Å²) in [6, 6.07) is 17.0. The Morgan fingerprint density at radius 3 is 2.52 bits per heavy atom. The molecule has 3 amide bonds. The van der Waals surface area contributed by atoms with Crippen molar-refractivity contribution in [2.45, 2.75) is 36.4 Å². The molecule has 1 fully saturated rings. The Morgan fingerprint density at radius 1 is 1.09 bits per heavy atom. The van der Waals surface area contributed by atoms with Crippen LogP contribution in [0.5, 0.6) is 0 Å². The summed E-state index contributed by atoms with van der Waals surface area (Å²) in [4.78, 5) is 47.1. The normalized spacial score (nSPS) is 17.9. The Balaban J connectivity index is 1.41. The molecule has 1 saturated heterocycles. The van der Waals surface area contributed by atoms with Gasteiger partial charge in [0.05, 0.1) is 22.7 Å². The lowest BCUT2D eigenvalue weighted by Crippen LogP contribution is -2.49. The van der Waals surface area contributed by atoms with Crippen LogP contribution < -0.4 is 5.32 Å². The lowest BCUT2D eigenvalue weighted by Gasteiger charge is -2.32. The fourth-order valence-electron chi connectivity index (χ4n) is 5.63. The van der Waals surface area contributed by atoms with E-state index in [0.717, 1.165) is 12.8 Å². The van der Waals surface area contributed by atoms with Crippen LogP contribution in [0.15, 0.2) is 77.7 Å². The van der Waals surface area contributed by atoms with Crippen molar-refractivity contribution in [1.29, 1.82) is 0 Å². The number of benzene rings is 3. The molecule has 0 unspecified atom stereocenters. The summed E-state index contributed by atoms with van der Waals surface area (Å²) in [5, 5.41) is 2.89. The molecule has 1 aromatic heterocycles. The Hall–Kier alpha value is -4.62. The van der Waals surface area contributed by atoms with Crippen LogP contribution in [0.2, 0.25) is 0 Å². The third-order valence-corrected chi connectivity index (χ3v) is 9.72. The van der Waals surface area contributed by atoms with Crippen LogP contribution in [0.25, 0.3) is 11.0 Å². The fraction of sp³-hybridized carbons (Fsp3) is 0.290. The number of hydrogen-bond donors (Lipinski definition) is 1. The lowest BCUT2D eigenvalue weighted by molar-refractivity contribution is -0.142. The number of nitrogens with zero attached hydrogens (tertiary/aromatic N) is 4. The molecule has 2 aliphatic heterocycles. The molecular formula is C31H30FN5O6S. The number of rotatable bonds is 9. The van der Waals surface area contributed by atoms with E-state index in [-0.39, 0.29) is 35.5 Å². The number of halogens is 1. The highest BCUT2D eigenvalue weighted by Gasteiger charge is 2.44. The van der Waals surface area contributed by atoms with Crippen molar-refractivity contribution in [1.82, 2.24) is 24.1 Å². The van der Waals surface area contributed by atoms with Crippen LogP contribution in [-0.2, 0) is 37.9 Å². The van der Waals surface area contributed by atoms with Gasteiger partial charge in [-0.25, -0.2) is 22.1 Å². The number of aryl methyl sites for hydroxylation is 1. The maximum absolute atomic E-state index is 14.2. The first kappa shape index (κ1) is 29.5. The number of amides is 3. The van der Waals surface area contributed by atoms with Gasteiger partial charge in [0, 0.05) is 26.7 Å². The zero-order chi connectivity index (χ0) is 31.0. The zero-order valence-electron chi connectivity index (χ0n) is 23.9. The van der Waals surface area contributed by atoms with E-state index >= 15 is 0 Å². The van der Waals surface area contributed by atoms with Gasteiger partial charge in [-0.15, -0.1) is 0 Å². The van der Waals surface area contributed by atoms with Gasteiger partial charge in [0.2, 0.25) is 5.91 Å². The predicted molar refractivity (Wildman–Crippen MR) is 157 cm³/mol. The number of aromatic nitrogens is 2. The highest BCUT2D eigenvalue weighted by molar-refractivity contribution is 7.90. The number of carbonyl (C=O) groups is 3. The molecule has 228 valence electrons. The van der Waals surface area contributed by atoms with Crippen molar-refractivity contribution in [2.24, 2.45) is 7.05 Å². The molecule has 1 N–H and O–H groups in total. The summed E-state index contributed by atoms with van der Waals surface area (Å²) in [6.45, 7) is -0.261. The topological polar surface area (TPSA) is 131 Å². The first-order valence-corrected chi connectivity index (χ1v) is 15.6. The summed E-state index contributed by atoms with van der Waals surface area (Å²) in [7, 11) is -2.60. The van der Waals surface area contributed by atoms with E-state index in [1.54, 1.807) is 29.8 Å². The highest BCUT2D eigenvalue weighted by atomic mass is 32.2. The second kappa shape index (κ2) is 11.8. The lowest BCUT2D eigenvalue weighted by atomic mass is 10.1. The molecular weight excluding hydrogens is 589 g/mol. The van der Waals surface area contributed by atoms with Crippen LogP contribution in [0.3, 0.4) is 0 Å². The van der Waals surface area contributed by atoms with Crippen LogP contribution in [-0.4, -0.2) is 70.7 Å². The number of ether oxygens (including phenoxy) is 1. The molecule has 0 saturated carbocycles. The van der Waals surface area contributed by atoms with E-state index in [0.29, 0.717) is 27.5 Å². The Bertz CT molecular complexity index is 1850. The van der Waals surface area contributed by atoms with Crippen molar-refractivity contribution >= 4 is 38.8 Å². The van der Waals surface area contributed by atoms with Crippen molar-refractivity contribution in [3.05, 3.63) is 95.6 Å². The number of para-hydroxylation sites is 2. The molecule has 4 aromatic rings. The SMILES string of the molecule is Cn1c([C@H](C(=O)NC[C@@H]2CCCO2)N(Cc2ccc(F)cc2)C(=O)CN2C(=O)c3ccccc3S2(=O)=O)nc2ccccc21. The fourth-order valence-corrected chi connectivity index (χ4v) is 7.15. The minimum absolute atomic E-state index is 0.0356. The second-order valence-corrected chi connectivity index (χ2v) is 12.6. The molecule has 11 nitrogen and oxygen atoms in total. The molecule has 3 heterocycles. The predicted octanol–water partition coefficient (Wildman–Crippen LogP) is 2.92. The number of sulfonamides is 1. The quantitative estimate of drug-likeness (QED) is 0.305. The third kappa shape index (κ3) is 5.44. The van der Waals surface area contributed by atoms with Crippen LogP contribution >= 0.6 is 0 Å². The standard InChI is InChI=1S/C31H30FN5O6S/c1-35-25-10-4-3-9-24(25)34-29(35)28(30(39)33-17-22-7-6-16-43-22)36(18-20-12-14-21(32)15-13-20)27(38)19-37-31(40)23-8-2-5-11-26(23)44(37,41)42/h2-5,8-15,22,28H,6-7,16-19H2,1H3,(H,33,39)/t22-,28+/m0/s1. The van der Waals surface area contributed by atoms with Crippen molar-refractivity contribution in [3.63, 3.8) is 0 Å². The smallest absolute Gasteiger partial charge is 0.269 e. The van der Waals surface area contributed by atoms with Gasteiger partial charge >= 0.3 is 0 Å². The van der Waals surface area contributed by atoms with E-state index in [1.807, 2.05) is 12.1 Å². The van der Waals surface area contributed by atoms with Gasteiger partial charge in [0.15, 0.2) is 6.04 Å². The van der Waals surface area contributed by atoms with E-state index in [2.05, 4.69) is 5.32 Å². The first-order chi connectivity index (χ1) is 21.1. The van der Waals surface area contributed by atoms with Crippen LogP contribution in [0.4, 0.5) is 4.39 Å². The van der Waals surface area contributed by atoms with Crippen LogP contribution in [0, 0.1) is 5.82 Å². The third-order valence-electron chi connectivity index (χ3n) is 7.93. The van der Waals surface area contributed by atoms with E-state index in [9.17, 15) is 27.2 Å². The number of carbonyl (C=O) groups excluding carboxylic acids is 3. The highest BCUT2D eigenvalue weighted by Crippen LogP contribution is 2.32. The molecule has 0 aliphatic carbocycles. The Kier molecular flexibility index (Phi) is 7.91. The summed E-state index contributed by atoms with van der Waals surface area (Å²) in [5.74, 6) is -2.47. The molecule has 3 aromatic carbocycles. The second-order valence-electron chi connectivity index (χ2n) is 10.8. The summed E-state index contributed by atoms with van der Waals surface area (Å²) >= 11 is 0. The molecule has 0 spiro atoms. The molecule has 13 heteroatoms. The van der Waals surface area contributed by atoms with Gasteiger partial charge in [-0.2, -0.15) is 0 Å². The monoisotopic (exact) mass is 619 g/mol. The summed E-state index contributed by atoms with van der Waals surface area (Å²) < 4.78 is 48.3. The van der Waals surface area contributed by atoms with Gasteiger partial charge < -0.3 is 19.5 Å². The van der Waals surface area contributed by atoms with Gasteiger partial charge in [0.1, 0.15) is 23.1 Å². The molecule has 2 atom stereocenters. The van der Waals surface area contributed by atoms with Gasteiger partial charge in [-0.3, -0.25) is 14.4 Å². The maximum Gasteiger partial charge on any atom is 0.269 e. The van der Waals surface area contributed by atoms with Gasteiger partial charge in [-0.05, 0) is 54.8 Å². The maximum atomic E-state index is 14.2. The van der Waals surface area contributed by atoms with Crippen molar-refractivity contribution in [3.8, 4) is 0 Å². The molecule has 0 radical (unpaired) electrons. The Labute approximate surface area is 253 Å². The molecule has 6 rings (SSSR count). The van der Waals surface area contributed by atoms with Crippen molar-refractivity contribution < 1.29 is 31.9 Å². The minimum atomic E-state index is -4.31. The minimum Gasteiger partial charge on any atom is -0.376 e. The summed E-state index contributed by atoms with van der Waals surface area (Å²) in [6.07, 6.45) is 1.45. The largest absolute Gasteiger partial charge is 0.376 e. The number of nitrogens with one attached hydrogen (secondary N) is 1. The van der Waals surface area contributed by atoms with Gasteiger partial charge in [0.25, 0.3) is 21.8 Å². The van der Waals surface area contributed by atoms with E-state index in [1.165, 1.54) is 47.4 Å². The number of fused-ring (bicyclic) bond motifs is 2. The number of imidazole rings is 1. The molecule has 44 heavy (non-hydrogen) atoms. The first-order valence-electron chi connectivity index (χ1n) is 14.2. The summed E-state index contributed by atoms with van der Waals surface area (Å²) in [5.41, 5.74) is 1.74. The van der Waals surface area contributed by atoms with E-state index < -0.39 is 46.1 Å². The van der Waals surface area contributed by atoms with Crippen molar-refractivity contribution in [2.75, 3.05) is 19.7 Å².